The maximum absolute atomic E-state index is 12.9. The Morgan fingerprint density at radius 3 is 2.24 bits per heavy atom. The van der Waals surface area contributed by atoms with E-state index in [0.29, 0.717) is 11.0 Å². The predicted octanol–water partition coefficient (Wildman–Crippen LogP) is 4.85. The highest BCUT2D eigenvalue weighted by atomic mass is 79.9. The summed E-state index contributed by atoms with van der Waals surface area (Å²) in [7, 11) is 0. The molecule has 2 aromatic rings. The third-order valence-corrected chi connectivity index (χ3v) is 3.49. The van der Waals surface area contributed by atoms with Crippen LogP contribution in [0.15, 0.2) is 48.5 Å². The van der Waals surface area contributed by atoms with Crippen molar-refractivity contribution in [2.75, 3.05) is 5.32 Å². The molecule has 2 rings (SSSR count). The Morgan fingerprint density at radius 1 is 1.05 bits per heavy atom. The summed E-state index contributed by atoms with van der Waals surface area (Å²) in [5.74, 6) is -0.783. The molecular weight excluding hydrogens is 347 g/mol. The van der Waals surface area contributed by atoms with Crippen molar-refractivity contribution in [1.29, 1.82) is 0 Å². The molecule has 0 aliphatic carbocycles. The molecule has 0 spiro atoms. The van der Waals surface area contributed by atoms with Crippen molar-refractivity contribution in [2.24, 2.45) is 0 Å². The van der Waals surface area contributed by atoms with Crippen molar-refractivity contribution in [3.63, 3.8) is 0 Å². The van der Waals surface area contributed by atoms with E-state index in [1.807, 2.05) is 0 Å². The van der Waals surface area contributed by atoms with E-state index in [-0.39, 0.29) is 0 Å². The molecule has 0 bridgehead atoms. The third-order valence-electron chi connectivity index (χ3n) is 2.84. The highest BCUT2D eigenvalue weighted by Crippen LogP contribution is 2.32. The zero-order valence-electron chi connectivity index (χ0n) is 10.7. The van der Waals surface area contributed by atoms with Gasteiger partial charge in [0.2, 0.25) is 0 Å². The molecule has 0 atom stereocenters. The molecule has 6 heteroatoms. The fraction of sp³-hybridized carbons (Fsp3) is 0.133. The van der Waals surface area contributed by atoms with E-state index in [0.717, 1.165) is 17.7 Å². The maximum atomic E-state index is 12.9. The van der Waals surface area contributed by atoms with Crippen molar-refractivity contribution in [3.05, 3.63) is 65.2 Å². The Hall–Kier alpha value is -1.82. The molecule has 2 nitrogen and oxygen atoms in total. The Labute approximate surface area is 128 Å². The van der Waals surface area contributed by atoms with Gasteiger partial charge in [-0.3, -0.25) is 4.79 Å². The van der Waals surface area contributed by atoms with Crippen molar-refractivity contribution < 1.29 is 18.0 Å². The van der Waals surface area contributed by atoms with Crippen molar-refractivity contribution in [2.45, 2.75) is 11.5 Å². The first-order valence-electron chi connectivity index (χ1n) is 6.04. The molecular formula is C15H11BrF3NO. The van der Waals surface area contributed by atoms with Crippen LogP contribution < -0.4 is 5.32 Å². The molecule has 110 valence electrons. The van der Waals surface area contributed by atoms with Crippen LogP contribution in [0.1, 0.15) is 21.5 Å². The number of anilines is 1. The Kier molecular flexibility index (Phi) is 4.67. The minimum atomic E-state index is -4.56. The normalized spacial score (nSPS) is 11.2. The minimum Gasteiger partial charge on any atom is -0.322 e. The average molecular weight is 358 g/mol. The van der Waals surface area contributed by atoms with Crippen LogP contribution in [0.2, 0.25) is 0 Å². The van der Waals surface area contributed by atoms with Crippen molar-refractivity contribution in [3.8, 4) is 0 Å². The number of benzene rings is 2. The zero-order chi connectivity index (χ0) is 15.5. The molecule has 0 aliphatic heterocycles. The van der Waals surface area contributed by atoms with Gasteiger partial charge in [0.1, 0.15) is 0 Å². The smallest absolute Gasteiger partial charge is 0.322 e. The van der Waals surface area contributed by atoms with Crippen LogP contribution in [0.4, 0.5) is 18.9 Å². The van der Waals surface area contributed by atoms with Crippen LogP contribution in [-0.2, 0) is 11.5 Å². The van der Waals surface area contributed by atoms with Crippen LogP contribution in [0, 0.1) is 0 Å². The Bertz CT molecular complexity index is 638. The predicted molar refractivity (Wildman–Crippen MR) is 78.5 cm³/mol. The number of carbonyl (C=O) groups is 1. The Morgan fingerprint density at radius 2 is 1.67 bits per heavy atom. The van der Waals surface area contributed by atoms with Gasteiger partial charge >= 0.3 is 6.18 Å². The minimum absolute atomic E-state index is 0.394. The van der Waals surface area contributed by atoms with Gasteiger partial charge in [0.15, 0.2) is 0 Å². The van der Waals surface area contributed by atoms with Gasteiger partial charge in [-0.15, -0.1) is 0 Å². The van der Waals surface area contributed by atoms with Gasteiger partial charge in [0, 0.05) is 11.0 Å². The Balaban J connectivity index is 2.24. The second kappa shape index (κ2) is 6.30. The summed E-state index contributed by atoms with van der Waals surface area (Å²) in [6.07, 6.45) is -4.56. The summed E-state index contributed by atoms with van der Waals surface area (Å²) >= 11 is 3.29. The maximum Gasteiger partial charge on any atom is 0.417 e. The topological polar surface area (TPSA) is 29.1 Å². The fourth-order valence-corrected chi connectivity index (χ4v) is 2.18. The standard InChI is InChI=1S/C15H11BrF3NO/c16-9-10-5-7-11(8-6-10)20-14(21)12-3-1-2-4-13(12)15(17,18)19/h1-8H,9H2,(H,20,21). The van der Waals surface area contributed by atoms with Crippen LogP contribution >= 0.6 is 15.9 Å². The lowest BCUT2D eigenvalue weighted by Gasteiger charge is -2.12. The largest absolute Gasteiger partial charge is 0.417 e. The number of hydrogen-bond acceptors (Lipinski definition) is 1. The SMILES string of the molecule is O=C(Nc1ccc(CBr)cc1)c1ccccc1C(F)(F)F. The van der Waals surface area contributed by atoms with Crippen molar-refractivity contribution in [1.82, 2.24) is 0 Å². The second-order valence-corrected chi connectivity index (χ2v) is 4.89. The first-order chi connectivity index (χ1) is 9.91. The molecule has 1 amide bonds. The summed E-state index contributed by atoms with van der Waals surface area (Å²) in [4.78, 5) is 12.0. The highest BCUT2D eigenvalue weighted by molar-refractivity contribution is 9.08. The van der Waals surface area contributed by atoms with Gasteiger partial charge in [0.05, 0.1) is 11.1 Å². The monoisotopic (exact) mass is 357 g/mol. The molecule has 0 radical (unpaired) electrons. The second-order valence-electron chi connectivity index (χ2n) is 4.33. The van der Waals surface area contributed by atoms with Crippen molar-refractivity contribution >= 4 is 27.5 Å². The molecule has 0 aromatic heterocycles. The number of halogens is 4. The van der Waals surface area contributed by atoms with E-state index in [9.17, 15) is 18.0 Å². The number of amides is 1. The third kappa shape index (κ3) is 3.85. The van der Waals surface area contributed by atoms with Crippen LogP contribution in [-0.4, -0.2) is 5.91 Å². The molecule has 0 unspecified atom stereocenters. The average Bonchev–Trinajstić information content (AvgIpc) is 2.47. The first-order valence-corrected chi connectivity index (χ1v) is 7.16. The number of hydrogen-bond donors (Lipinski definition) is 1. The molecule has 21 heavy (non-hydrogen) atoms. The molecule has 0 heterocycles. The van der Waals surface area contributed by atoms with Gasteiger partial charge in [-0.2, -0.15) is 13.2 Å². The van der Waals surface area contributed by atoms with E-state index in [1.54, 1.807) is 24.3 Å². The van der Waals surface area contributed by atoms with Gasteiger partial charge in [-0.25, -0.2) is 0 Å². The summed E-state index contributed by atoms with van der Waals surface area (Å²) in [5, 5.41) is 3.13. The molecule has 1 N–H and O–H groups in total. The fourth-order valence-electron chi connectivity index (χ4n) is 1.80. The lowest BCUT2D eigenvalue weighted by Crippen LogP contribution is -2.18. The molecule has 0 aliphatic rings. The summed E-state index contributed by atoms with van der Waals surface area (Å²) < 4.78 is 38.6. The highest BCUT2D eigenvalue weighted by Gasteiger charge is 2.34. The van der Waals surface area contributed by atoms with E-state index in [1.165, 1.54) is 12.1 Å². The van der Waals surface area contributed by atoms with Gasteiger partial charge in [-0.1, -0.05) is 40.2 Å². The van der Waals surface area contributed by atoms with Crippen LogP contribution in [0.25, 0.3) is 0 Å². The van der Waals surface area contributed by atoms with Gasteiger partial charge in [0.25, 0.3) is 5.91 Å². The molecule has 0 saturated heterocycles. The molecule has 0 fully saturated rings. The number of nitrogens with one attached hydrogen (secondary N) is 1. The molecule has 2 aromatic carbocycles. The van der Waals surface area contributed by atoms with Gasteiger partial charge < -0.3 is 5.32 Å². The van der Waals surface area contributed by atoms with E-state index in [2.05, 4.69) is 21.2 Å². The van der Waals surface area contributed by atoms with E-state index < -0.39 is 23.2 Å². The zero-order valence-corrected chi connectivity index (χ0v) is 12.3. The summed E-state index contributed by atoms with van der Waals surface area (Å²) in [6, 6.07) is 11.5. The molecule has 0 saturated carbocycles. The van der Waals surface area contributed by atoms with Crippen LogP contribution in [0.3, 0.4) is 0 Å². The number of alkyl halides is 4. The van der Waals surface area contributed by atoms with E-state index >= 15 is 0 Å². The quantitative estimate of drug-likeness (QED) is 0.781. The summed E-state index contributed by atoms with van der Waals surface area (Å²) in [5.41, 5.74) is 0.111. The lowest BCUT2D eigenvalue weighted by atomic mass is 10.1. The first kappa shape index (κ1) is 15.6. The van der Waals surface area contributed by atoms with E-state index in [4.69, 9.17) is 0 Å². The summed E-state index contributed by atoms with van der Waals surface area (Å²) in [6.45, 7) is 0. The lowest BCUT2D eigenvalue weighted by molar-refractivity contribution is -0.137. The number of rotatable bonds is 3. The van der Waals surface area contributed by atoms with Gasteiger partial charge in [-0.05, 0) is 29.8 Å². The van der Waals surface area contributed by atoms with Crippen LogP contribution in [0.5, 0.6) is 0 Å². The number of carbonyl (C=O) groups excluding carboxylic acids is 1.